The molecular formula is C26H24F3N5O2. The molecule has 4 aromatic rings. The van der Waals surface area contributed by atoms with Gasteiger partial charge in [-0.1, -0.05) is 48.5 Å². The Morgan fingerprint density at radius 2 is 1.69 bits per heavy atom. The average molecular weight is 496 g/mol. The van der Waals surface area contributed by atoms with Gasteiger partial charge in [0.05, 0.1) is 18.3 Å². The maximum Gasteiger partial charge on any atom is 0.435 e. The number of anilines is 2. The number of amides is 1. The molecule has 10 heteroatoms. The first-order valence-corrected chi connectivity index (χ1v) is 11.1. The van der Waals surface area contributed by atoms with Crippen LogP contribution in [0.3, 0.4) is 0 Å². The van der Waals surface area contributed by atoms with Gasteiger partial charge in [-0.2, -0.15) is 18.3 Å². The number of halogens is 3. The predicted octanol–water partition coefficient (Wildman–Crippen LogP) is 4.40. The summed E-state index contributed by atoms with van der Waals surface area (Å²) in [5, 5.41) is 18.8. The van der Waals surface area contributed by atoms with Crippen molar-refractivity contribution in [1.29, 1.82) is 0 Å². The van der Waals surface area contributed by atoms with E-state index in [4.69, 9.17) is 5.73 Å². The summed E-state index contributed by atoms with van der Waals surface area (Å²) in [4.78, 5) is 13.1. The lowest BCUT2D eigenvalue weighted by molar-refractivity contribution is -0.141. The molecule has 0 radical (unpaired) electrons. The van der Waals surface area contributed by atoms with Crippen LogP contribution in [0.5, 0.6) is 0 Å². The summed E-state index contributed by atoms with van der Waals surface area (Å²) in [5.41, 5.74) is 6.97. The first-order chi connectivity index (χ1) is 17.3. The number of aliphatic hydroxyl groups is 1. The number of hydrogen-bond donors (Lipinski definition) is 4. The van der Waals surface area contributed by atoms with Crippen molar-refractivity contribution in [2.45, 2.75) is 12.2 Å². The van der Waals surface area contributed by atoms with Crippen molar-refractivity contribution in [3.8, 4) is 5.69 Å². The molecule has 1 amide bonds. The fourth-order valence-corrected chi connectivity index (χ4v) is 3.81. The second kappa shape index (κ2) is 10.6. The Morgan fingerprint density at radius 1 is 0.972 bits per heavy atom. The third-order valence-electron chi connectivity index (χ3n) is 5.42. The third-order valence-corrected chi connectivity index (χ3v) is 5.42. The first-order valence-electron chi connectivity index (χ1n) is 11.1. The molecular weight excluding hydrogens is 471 g/mol. The molecule has 5 N–H and O–H groups in total. The molecule has 1 heterocycles. The van der Waals surface area contributed by atoms with E-state index in [1.165, 1.54) is 12.1 Å². The standard InChI is InChI=1S/C26H24F3N5O2/c27-26(28,29)23-16-22(34(33-23)21-11-5-9-19(30)15-21)25(36)32-20-10-4-8-18(14-20)24(31-12-13-35)17-6-2-1-3-7-17/h1-11,14-16,24,31,35H,12-13,30H2,(H,32,36). The minimum Gasteiger partial charge on any atom is -0.399 e. The Hall–Kier alpha value is -4.15. The van der Waals surface area contributed by atoms with Gasteiger partial charge >= 0.3 is 6.18 Å². The van der Waals surface area contributed by atoms with Gasteiger partial charge in [0.25, 0.3) is 5.91 Å². The second-order valence-corrected chi connectivity index (χ2v) is 8.02. The molecule has 186 valence electrons. The molecule has 1 atom stereocenters. The Bertz CT molecular complexity index is 1340. The van der Waals surface area contributed by atoms with Crippen molar-refractivity contribution < 1.29 is 23.1 Å². The van der Waals surface area contributed by atoms with Crippen LogP contribution < -0.4 is 16.4 Å². The smallest absolute Gasteiger partial charge is 0.399 e. The minimum atomic E-state index is -4.73. The van der Waals surface area contributed by atoms with E-state index in [0.29, 0.717) is 24.0 Å². The summed E-state index contributed by atoms with van der Waals surface area (Å²) in [6.45, 7) is 0.283. The zero-order valence-corrected chi connectivity index (χ0v) is 19.0. The maximum absolute atomic E-state index is 13.4. The fourth-order valence-electron chi connectivity index (χ4n) is 3.81. The molecule has 0 aliphatic carbocycles. The van der Waals surface area contributed by atoms with Gasteiger partial charge < -0.3 is 21.5 Å². The Labute approximate surface area is 205 Å². The highest BCUT2D eigenvalue weighted by molar-refractivity contribution is 6.03. The van der Waals surface area contributed by atoms with Crippen molar-refractivity contribution in [3.05, 3.63) is 107 Å². The second-order valence-electron chi connectivity index (χ2n) is 8.02. The highest BCUT2D eigenvalue weighted by Gasteiger charge is 2.36. The number of nitrogens with two attached hydrogens (primary N) is 1. The molecule has 1 aromatic heterocycles. The lowest BCUT2D eigenvalue weighted by atomic mass is 9.98. The highest BCUT2D eigenvalue weighted by atomic mass is 19.4. The van der Waals surface area contributed by atoms with Crippen molar-refractivity contribution in [2.24, 2.45) is 0 Å². The van der Waals surface area contributed by atoms with E-state index in [-0.39, 0.29) is 24.0 Å². The van der Waals surface area contributed by atoms with Crippen molar-refractivity contribution >= 4 is 17.3 Å². The molecule has 0 fully saturated rings. The van der Waals surface area contributed by atoms with E-state index in [1.54, 1.807) is 30.3 Å². The normalized spacial score (nSPS) is 12.3. The number of nitrogens with one attached hydrogen (secondary N) is 2. The predicted molar refractivity (Wildman–Crippen MR) is 131 cm³/mol. The lowest BCUT2D eigenvalue weighted by Crippen LogP contribution is -2.25. The Balaban J connectivity index is 1.66. The van der Waals surface area contributed by atoms with Crippen LogP contribution in [-0.4, -0.2) is 33.9 Å². The largest absolute Gasteiger partial charge is 0.435 e. The topological polar surface area (TPSA) is 105 Å². The Kier molecular flexibility index (Phi) is 7.37. The van der Waals surface area contributed by atoms with Gasteiger partial charge in [-0.25, -0.2) is 4.68 Å². The molecule has 0 spiro atoms. The van der Waals surface area contributed by atoms with E-state index in [2.05, 4.69) is 15.7 Å². The number of aliphatic hydroxyl groups excluding tert-OH is 1. The number of nitrogen functional groups attached to an aromatic ring is 1. The van der Waals surface area contributed by atoms with Gasteiger partial charge in [-0.3, -0.25) is 4.79 Å². The van der Waals surface area contributed by atoms with E-state index in [9.17, 15) is 23.1 Å². The number of aromatic nitrogens is 2. The summed E-state index contributed by atoms with van der Waals surface area (Å²) >= 11 is 0. The van der Waals surface area contributed by atoms with Crippen LogP contribution in [-0.2, 0) is 6.18 Å². The quantitative estimate of drug-likeness (QED) is 0.271. The molecule has 7 nitrogen and oxygen atoms in total. The van der Waals surface area contributed by atoms with Crippen LogP contribution >= 0.6 is 0 Å². The van der Waals surface area contributed by atoms with E-state index in [1.807, 2.05) is 36.4 Å². The van der Waals surface area contributed by atoms with Gasteiger partial charge in [-0.15, -0.1) is 0 Å². The molecule has 36 heavy (non-hydrogen) atoms. The average Bonchev–Trinajstić information content (AvgIpc) is 3.32. The summed E-state index contributed by atoms with van der Waals surface area (Å²) in [5.74, 6) is -0.767. The summed E-state index contributed by atoms with van der Waals surface area (Å²) in [6, 6.07) is 23.0. The summed E-state index contributed by atoms with van der Waals surface area (Å²) in [7, 11) is 0. The van der Waals surface area contributed by atoms with Crippen LogP contribution in [0.4, 0.5) is 24.5 Å². The molecule has 0 aliphatic heterocycles. The third kappa shape index (κ3) is 5.73. The maximum atomic E-state index is 13.4. The monoisotopic (exact) mass is 495 g/mol. The van der Waals surface area contributed by atoms with E-state index < -0.39 is 17.8 Å². The number of carbonyl (C=O) groups is 1. The van der Waals surface area contributed by atoms with Gasteiger partial charge in [0.15, 0.2) is 5.69 Å². The molecule has 0 saturated carbocycles. The summed E-state index contributed by atoms with van der Waals surface area (Å²) in [6.07, 6.45) is -4.73. The SMILES string of the molecule is Nc1cccc(-n2nc(C(F)(F)F)cc2C(=O)Nc2cccc(C(NCCO)c3ccccc3)c2)c1. The van der Waals surface area contributed by atoms with Crippen molar-refractivity contribution in [1.82, 2.24) is 15.1 Å². The number of alkyl halides is 3. The van der Waals surface area contributed by atoms with Crippen LogP contribution in [0.25, 0.3) is 5.69 Å². The number of nitrogens with zero attached hydrogens (tertiary/aromatic N) is 2. The van der Waals surface area contributed by atoms with Crippen LogP contribution in [0, 0.1) is 0 Å². The van der Waals surface area contributed by atoms with Gasteiger partial charge in [0, 0.05) is 24.0 Å². The zero-order valence-electron chi connectivity index (χ0n) is 19.0. The number of benzene rings is 3. The number of rotatable bonds is 8. The first kappa shape index (κ1) is 25.0. The number of carbonyl (C=O) groups excluding carboxylic acids is 1. The molecule has 3 aromatic carbocycles. The molecule has 1 unspecified atom stereocenters. The van der Waals surface area contributed by atoms with Crippen molar-refractivity contribution in [2.75, 3.05) is 24.2 Å². The van der Waals surface area contributed by atoms with Gasteiger partial charge in [-0.05, 0) is 41.5 Å². The lowest BCUT2D eigenvalue weighted by Gasteiger charge is -2.20. The molecule has 4 rings (SSSR count). The molecule has 0 saturated heterocycles. The minimum absolute atomic E-state index is 0.0602. The summed E-state index contributed by atoms with van der Waals surface area (Å²) < 4.78 is 41.2. The van der Waals surface area contributed by atoms with Gasteiger partial charge in [0.2, 0.25) is 0 Å². The fraction of sp³-hybridized carbons (Fsp3) is 0.154. The Morgan fingerprint density at radius 3 is 2.39 bits per heavy atom. The molecule has 0 aliphatic rings. The van der Waals surface area contributed by atoms with Crippen LogP contribution in [0.15, 0.2) is 84.9 Å². The van der Waals surface area contributed by atoms with Crippen molar-refractivity contribution in [3.63, 3.8) is 0 Å². The zero-order chi connectivity index (χ0) is 25.7. The number of hydrogen-bond acceptors (Lipinski definition) is 5. The van der Waals surface area contributed by atoms with E-state index >= 15 is 0 Å². The van der Waals surface area contributed by atoms with Crippen LogP contribution in [0.1, 0.15) is 33.4 Å². The van der Waals surface area contributed by atoms with E-state index in [0.717, 1.165) is 15.8 Å². The van der Waals surface area contributed by atoms with Crippen LogP contribution in [0.2, 0.25) is 0 Å². The molecule has 0 bridgehead atoms. The van der Waals surface area contributed by atoms with Gasteiger partial charge in [0.1, 0.15) is 5.69 Å². The highest BCUT2D eigenvalue weighted by Crippen LogP contribution is 2.30.